The monoisotopic (exact) mass is 421 g/mol. The standard InChI is InChI=1S/C25H24BN5O/c1-16-15-21-20-13-12-17(2)28-24(20)32-25(21)29(4)26(16)31-18(3)30(19-9-6-5-7-10-19)23-22(31)11-8-14-27-23/h5-15,18H,1-4H3/t18-/m0/s1. The summed E-state index contributed by atoms with van der Waals surface area (Å²) >= 11 is 0. The number of para-hydroxylation sites is 1. The molecule has 4 aromatic rings. The molecule has 2 aliphatic heterocycles. The molecule has 1 aromatic carbocycles. The average molecular weight is 421 g/mol. The van der Waals surface area contributed by atoms with Gasteiger partial charge in [-0.25, -0.2) is 9.97 Å². The maximum atomic E-state index is 6.27. The third-order valence-electron chi connectivity index (χ3n) is 6.53. The predicted molar refractivity (Wildman–Crippen MR) is 131 cm³/mol. The number of hydrogen-bond donors (Lipinski definition) is 0. The molecule has 0 bridgehead atoms. The van der Waals surface area contributed by atoms with Crippen LogP contribution in [0.15, 0.2) is 70.7 Å². The Labute approximate surface area is 187 Å². The molecular weight excluding hydrogens is 397 g/mol. The van der Waals surface area contributed by atoms with Gasteiger partial charge in [0.2, 0.25) is 5.71 Å². The lowest BCUT2D eigenvalue weighted by atomic mass is 9.61. The largest absolute Gasteiger partial charge is 0.423 e. The number of fused-ring (bicyclic) bond motifs is 4. The summed E-state index contributed by atoms with van der Waals surface area (Å²) in [6, 6.07) is 18.8. The lowest BCUT2D eigenvalue weighted by Crippen LogP contribution is -2.58. The molecule has 158 valence electrons. The first-order valence-corrected chi connectivity index (χ1v) is 10.9. The zero-order valence-corrected chi connectivity index (χ0v) is 18.6. The Morgan fingerprint density at radius 3 is 2.62 bits per heavy atom. The van der Waals surface area contributed by atoms with E-state index in [1.54, 1.807) is 0 Å². The third-order valence-corrected chi connectivity index (χ3v) is 6.53. The highest BCUT2D eigenvalue weighted by Crippen LogP contribution is 2.46. The van der Waals surface area contributed by atoms with Gasteiger partial charge in [0.25, 0.3) is 0 Å². The molecule has 3 aromatic heterocycles. The van der Waals surface area contributed by atoms with Crippen LogP contribution in [0.25, 0.3) is 17.2 Å². The summed E-state index contributed by atoms with van der Waals surface area (Å²) in [7, 11) is 2.10. The lowest BCUT2D eigenvalue weighted by molar-refractivity contribution is 0.604. The van der Waals surface area contributed by atoms with Crippen LogP contribution in [0.2, 0.25) is 0 Å². The zero-order chi connectivity index (χ0) is 22.0. The second-order valence-electron chi connectivity index (χ2n) is 8.59. The van der Waals surface area contributed by atoms with Crippen molar-refractivity contribution in [1.82, 2.24) is 9.97 Å². The summed E-state index contributed by atoms with van der Waals surface area (Å²) in [4.78, 5) is 16.3. The number of benzene rings is 1. The molecular formula is C25H24BN5O. The van der Waals surface area contributed by atoms with Crippen molar-refractivity contribution in [3.05, 3.63) is 77.5 Å². The molecule has 0 aliphatic carbocycles. The number of nitrogens with zero attached hydrogens (tertiary/aromatic N) is 5. The number of anilines is 4. The van der Waals surface area contributed by atoms with Crippen LogP contribution in [0.3, 0.4) is 0 Å². The quantitative estimate of drug-likeness (QED) is 0.403. The van der Waals surface area contributed by atoms with E-state index in [2.05, 4.69) is 82.9 Å². The first-order valence-electron chi connectivity index (χ1n) is 10.9. The number of aromatic nitrogens is 2. The van der Waals surface area contributed by atoms with E-state index in [1.165, 1.54) is 5.47 Å². The van der Waals surface area contributed by atoms with Crippen LogP contribution in [0.5, 0.6) is 0 Å². The second kappa shape index (κ2) is 6.89. The predicted octanol–water partition coefficient (Wildman–Crippen LogP) is 5.42. The van der Waals surface area contributed by atoms with Crippen LogP contribution in [-0.2, 0) is 0 Å². The molecule has 6 rings (SSSR count). The molecule has 1 atom stereocenters. The van der Waals surface area contributed by atoms with E-state index in [0.717, 1.165) is 39.7 Å². The Morgan fingerprint density at radius 2 is 1.81 bits per heavy atom. The van der Waals surface area contributed by atoms with Crippen molar-refractivity contribution in [2.75, 3.05) is 21.6 Å². The van der Waals surface area contributed by atoms with Gasteiger partial charge in [-0.3, -0.25) is 0 Å². The van der Waals surface area contributed by atoms with E-state index in [0.29, 0.717) is 5.71 Å². The van der Waals surface area contributed by atoms with Crippen molar-refractivity contribution in [1.29, 1.82) is 0 Å². The molecule has 6 nitrogen and oxygen atoms in total. The van der Waals surface area contributed by atoms with E-state index < -0.39 is 0 Å². The molecule has 0 amide bonds. The third kappa shape index (κ3) is 2.60. The van der Waals surface area contributed by atoms with Crippen molar-refractivity contribution < 1.29 is 4.42 Å². The van der Waals surface area contributed by atoms with Crippen LogP contribution in [0, 0.1) is 6.92 Å². The van der Waals surface area contributed by atoms with Gasteiger partial charge in [-0.2, -0.15) is 0 Å². The maximum absolute atomic E-state index is 6.27. The number of aryl methyl sites for hydroxylation is 1. The summed E-state index contributed by atoms with van der Waals surface area (Å²) in [5, 5.41) is 1.05. The molecule has 0 saturated carbocycles. The number of pyridine rings is 2. The fourth-order valence-corrected chi connectivity index (χ4v) is 5.14. The van der Waals surface area contributed by atoms with Crippen molar-refractivity contribution in [2.45, 2.75) is 26.9 Å². The molecule has 0 radical (unpaired) electrons. The second-order valence-corrected chi connectivity index (χ2v) is 8.59. The minimum absolute atomic E-state index is 0.00387. The van der Waals surface area contributed by atoms with E-state index in [9.17, 15) is 0 Å². The Kier molecular flexibility index (Phi) is 4.09. The van der Waals surface area contributed by atoms with Gasteiger partial charge >= 0.3 is 6.98 Å². The van der Waals surface area contributed by atoms with Crippen LogP contribution in [0.1, 0.15) is 25.1 Å². The molecule has 5 heterocycles. The SMILES string of the molecule is CC1=Cc2c(oc3nc(C)ccc23)N(C)B1N1c2cccnc2N(c2ccccc2)[C@@H]1C. The van der Waals surface area contributed by atoms with Crippen LogP contribution < -0.4 is 14.5 Å². The van der Waals surface area contributed by atoms with Gasteiger partial charge in [0, 0.05) is 28.5 Å². The highest BCUT2D eigenvalue weighted by molar-refractivity contribution is 6.76. The lowest BCUT2D eigenvalue weighted by Gasteiger charge is -2.40. The number of allylic oxidation sites excluding steroid dienone is 1. The van der Waals surface area contributed by atoms with E-state index in [4.69, 9.17) is 9.40 Å². The average Bonchev–Trinajstić information content (AvgIpc) is 3.29. The first-order chi connectivity index (χ1) is 15.5. The van der Waals surface area contributed by atoms with E-state index >= 15 is 0 Å². The topological polar surface area (TPSA) is 48.6 Å². The summed E-state index contributed by atoms with van der Waals surface area (Å²) in [6.45, 7) is 6.41. The van der Waals surface area contributed by atoms with Crippen LogP contribution in [0.4, 0.5) is 23.1 Å². The fourth-order valence-electron chi connectivity index (χ4n) is 5.14. The van der Waals surface area contributed by atoms with Crippen LogP contribution in [-0.4, -0.2) is 30.2 Å². The van der Waals surface area contributed by atoms with Gasteiger partial charge in [0.05, 0.1) is 11.9 Å². The Hall–Kier alpha value is -3.74. The Morgan fingerprint density at radius 1 is 1.00 bits per heavy atom. The molecule has 0 fully saturated rings. The van der Waals surface area contributed by atoms with Crippen molar-refractivity contribution >= 4 is 47.2 Å². The molecule has 0 spiro atoms. The van der Waals surface area contributed by atoms with Gasteiger partial charge < -0.3 is 18.9 Å². The van der Waals surface area contributed by atoms with Crippen molar-refractivity contribution in [2.24, 2.45) is 0 Å². The number of rotatable bonds is 2. The Bertz CT molecular complexity index is 1370. The van der Waals surface area contributed by atoms with Crippen molar-refractivity contribution in [3.8, 4) is 0 Å². The van der Waals surface area contributed by atoms with E-state index in [1.807, 2.05) is 31.3 Å². The van der Waals surface area contributed by atoms with Crippen molar-refractivity contribution in [3.63, 3.8) is 0 Å². The minimum Gasteiger partial charge on any atom is -0.423 e. The van der Waals surface area contributed by atoms with Gasteiger partial charge in [0.15, 0.2) is 11.7 Å². The summed E-state index contributed by atoms with van der Waals surface area (Å²) in [5.74, 6) is 1.82. The molecule has 0 unspecified atom stereocenters. The Balaban J connectivity index is 1.48. The smallest absolute Gasteiger partial charge is 0.410 e. The van der Waals surface area contributed by atoms with Gasteiger partial charge in [-0.1, -0.05) is 29.7 Å². The zero-order valence-electron chi connectivity index (χ0n) is 18.6. The molecule has 7 heteroatoms. The number of furan rings is 1. The number of hydrogen-bond acceptors (Lipinski definition) is 6. The van der Waals surface area contributed by atoms with Gasteiger partial charge in [-0.05, 0) is 64.2 Å². The molecule has 2 aliphatic rings. The molecule has 0 N–H and O–H groups in total. The summed E-state index contributed by atoms with van der Waals surface area (Å²) < 4.78 is 6.27. The van der Waals surface area contributed by atoms with Crippen LogP contribution >= 0.6 is 0 Å². The maximum Gasteiger partial charge on any atom is 0.410 e. The summed E-state index contributed by atoms with van der Waals surface area (Å²) in [5.41, 5.74) is 6.24. The first kappa shape index (κ1) is 19.0. The normalized spacial score (nSPS) is 17.6. The highest BCUT2D eigenvalue weighted by atomic mass is 16.4. The fraction of sp³-hybridized carbons (Fsp3) is 0.200. The highest BCUT2D eigenvalue weighted by Gasteiger charge is 2.46. The molecule has 0 saturated heterocycles. The summed E-state index contributed by atoms with van der Waals surface area (Å²) in [6.07, 6.45) is 4.19. The minimum atomic E-state index is -0.00387. The van der Waals surface area contributed by atoms with Gasteiger partial charge in [0.1, 0.15) is 0 Å². The van der Waals surface area contributed by atoms with E-state index in [-0.39, 0.29) is 13.1 Å². The van der Waals surface area contributed by atoms with Gasteiger partial charge in [-0.15, -0.1) is 0 Å². The molecule has 32 heavy (non-hydrogen) atoms.